The summed E-state index contributed by atoms with van der Waals surface area (Å²) in [5.74, 6) is 0. The monoisotopic (exact) mass is 446 g/mol. The molecule has 0 unspecified atom stereocenters. The van der Waals surface area contributed by atoms with Crippen LogP contribution in [0.3, 0.4) is 0 Å². The summed E-state index contributed by atoms with van der Waals surface area (Å²) in [5.41, 5.74) is 0.0247. The maximum Gasteiger partial charge on any atom is 0.295 e. The minimum atomic E-state index is -4.61. The van der Waals surface area contributed by atoms with E-state index in [1.165, 1.54) is 12.1 Å². The third-order valence-electron chi connectivity index (χ3n) is 4.28. The molecule has 6 nitrogen and oxygen atoms in total. The summed E-state index contributed by atoms with van der Waals surface area (Å²) in [6.07, 6.45) is 0. The summed E-state index contributed by atoms with van der Waals surface area (Å²) in [6.45, 7) is 11.0. The normalized spacial score (nSPS) is 13.0. The fraction of sp³-hybridized carbons (Fsp3) is 0.444. The Balaban J connectivity index is 0.00000364. The molecule has 0 saturated carbocycles. The van der Waals surface area contributed by atoms with Crippen LogP contribution in [-0.4, -0.2) is 85.1 Å². The average molecular weight is 446 g/mol. The van der Waals surface area contributed by atoms with Crippen LogP contribution in [0.2, 0.25) is 0 Å². The smallest absolute Gasteiger partial charge is 0.282 e. The minimum absolute atomic E-state index is 0. The molecule has 2 radical (unpaired) electrons. The van der Waals surface area contributed by atoms with Gasteiger partial charge in [0.15, 0.2) is 0 Å². The van der Waals surface area contributed by atoms with Crippen molar-refractivity contribution in [1.29, 1.82) is 0 Å². The van der Waals surface area contributed by atoms with E-state index in [1.807, 2.05) is 41.5 Å². The first-order valence-corrected chi connectivity index (χ1v) is 10.9. The van der Waals surface area contributed by atoms with Gasteiger partial charge in [-0.2, -0.15) is 16.8 Å². The van der Waals surface area contributed by atoms with E-state index >= 15 is 0 Å². The molecule has 2 aromatic carbocycles. The minimum Gasteiger partial charge on any atom is -0.282 e. The van der Waals surface area contributed by atoms with Crippen LogP contribution in [0.15, 0.2) is 34.1 Å². The van der Waals surface area contributed by atoms with Gasteiger partial charge in [-0.1, -0.05) is 41.5 Å². The maximum absolute atomic E-state index is 12.0. The van der Waals surface area contributed by atoms with Gasteiger partial charge in [0.05, 0.1) is 0 Å². The molecular weight excluding hydrogens is 422 g/mol. The Labute approximate surface area is 211 Å². The molecule has 2 N–H and O–H groups in total. The van der Waals surface area contributed by atoms with Crippen molar-refractivity contribution in [2.45, 2.75) is 62.2 Å². The van der Waals surface area contributed by atoms with Gasteiger partial charge in [0.1, 0.15) is 9.79 Å². The van der Waals surface area contributed by atoms with Crippen molar-refractivity contribution in [3.05, 3.63) is 35.4 Å². The zero-order valence-corrected chi connectivity index (χ0v) is 23.3. The first-order valence-electron chi connectivity index (χ1n) is 8.00. The van der Waals surface area contributed by atoms with Crippen molar-refractivity contribution >= 4 is 90.1 Å². The van der Waals surface area contributed by atoms with Crippen molar-refractivity contribution < 1.29 is 25.9 Å². The maximum atomic E-state index is 12.0. The predicted molar refractivity (Wildman–Crippen MR) is 112 cm³/mol. The molecule has 0 aliphatic heterocycles. The van der Waals surface area contributed by atoms with Crippen LogP contribution in [-0.2, 0) is 31.1 Å². The summed E-state index contributed by atoms with van der Waals surface area (Å²) in [6, 6.07) is 5.77. The first kappa shape index (κ1) is 28.5. The summed E-state index contributed by atoms with van der Waals surface area (Å²) >= 11 is 0. The van der Waals surface area contributed by atoms with Crippen LogP contribution < -0.4 is 0 Å². The van der Waals surface area contributed by atoms with E-state index in [0.29, 0.717) is 11.1 Å². The van der Waals surface area contributed by atoms with Gasteiger partial charge in [-0.3, -0.25) is 9.11 Å². The van der Waals surface area contributed by atoms with Crippen LogP contribution in [0.25, 0.3) is 10.8 Å². The summed E-state index contributed by atoms with van der Waals surface area (Å²) in [7, 11) is -9.23. The van der Waals surface area contributed by atoms with Crippen molar-refractivity contribution in [2.24, 2.45) is 0 Å². The predicted octanol–water partition coefficient (Wildman–Crippen LogP) is 3.17. The van der Waals surface area contributed by atoms with Gasteiger partial charge in [0, 0.05) is 69.9 Å². The molecule has 0 aliphatic rings. The largest absolute Gasteiger partial charge is 0.295 e. The molecule has 0 aromatic heterocycles. The van der Waals surface area contributed by atoms with Gasteiger partial charge in [0.25, 0.3) is 20.2 Å². The second-order valence-corrected chi connectivity index (χ2v) is 11.3. The van der Waals surface area contributed by atoms with Crippen molar-refractivity contribution in [1.82, 2.24) is 0 Å². The zero-order chi connectivity index (χ0) is 20.3. The van der Waals surface area contributed by atoms with Crippen molar-refractivity contribution in [3.8, 4) is 0 Å². The third kappa shape index (κ3) is 6.26. The van der Waals surface area contributed by atoms with E-state index < -0.39 is 31.1 Å². The Morgan fingerprint density at radius 3 is 1.04 bits per heavy atom. The molecule has 0 atom stereocenters. The standard InChI is InChI=1S/C18H24O6S2.2Na/c1-17(2,3)11-7-13-14(15(9-11)25(19,20)21)8-12(18(4,5)6)10-16(13)26(22,23)24;;/h7-10H,1-6H3,(H,19,20,21)(H,22,23,24);;. The third-order valence-corrected chi connectivity index (χ3v) is 6.07. The molecule has 0 aliphatic carbocycles. The van der Waals surface area contributed by atoms with Crippen LogP contribution in [0, 0.1) is 0 Å². The zero-order valence-electron chi connectivity index (χ0n) is 17.7. The van der Waals surface area contributed by atoms with E-state index in [0.717, 1.165) is 0 Å². The molecule has 2 aromatic rings. The van der Waals surface area contributed by atoms with Gasteiger partial charge >= 0.3 is 0 Å². The average Bonchev–Trinajstić information content (AvgIpc) is 2.40. The molecule has 10 heteroatoms. The Morgan fingerprint density at radius 2 is 0.857 bits per heavy atom. The molecule has 0 saturated heterocycles. The second kappa shape index (κ2) is 8.94. The molecule has 0 fully saturated rings. The quantitative estimate of drug-likeness (QED) is 0.542. The molecular formula is C18H24Na2O6S2. The molecule has 0 spiro atoms. The van der Waals surface area contributed by atoms with Gasteiger partial charge in [-0.05, 0) is 46.2 Å². The van der Waals surface area contributed by atoms with Gasteiger partial charge in [0.2, 0.25) is 0 Å². The van der Waals surface area contributed by atoms with Gasteiger partial charge < -0.3 is 0 Å². The van der Waals surface area contributed by atoms with E-state index in [9.17, 15) is 25.9 Å². The molecule has 0 amide bonds. The number of rotatable bonds is 2. The van der Waals surface area contributed by atoms with Crippen LogP contribution in [0.4, 0.5) is 0 Å². The van der Waals surface area contributed by atoms with Crippen LogP contribution in [0.1, 0.15) is 52.7 Å². The Hall–Kier alpha value is 0.520. The summed E-state index contributed by atoms with van der Waals surface area (Å²) < 4.78 is 67.4. The molecule has 28 heavy (non-hydrogen) atoms. The molecule has 146 valence electrons. The SMILES string of the molecule is CC(C)(C)c1cc(S(=O)(=O)O)c2cc(C(C)(C)C)cc(S(=O)(=O)O)c2c1.[Na].[Na]. The van der Waals surface area contributed by atoms with Crippen LogP contribution in [0.5, 0.6) is 0 Å². The number of fused-ring (bicyclic) bond motifs is 1. The van der Waals surface area contributed by atoms with Crippen molar-refractivity contribution in [2.75, 3.05) is 0 Å². The van der Waals surface area contributed by atoms with Gasteiger partial charge in [-0.25, -0.2) is 0 Å². The first-order chi connectivity index (χ1) is 11.4. The summed E-state index contributed by atoms with van der Waals surface area (Å²) in [4.78, 5) is -0.758. The summed E-state index contributed by atoms with van der Waals surface area (Å²) in [5, 5.41) is 0.112. The van der Waals surface area contributed by atoms with E-state index in [-0.39, 0.29) is 79.7 Å². The van der Waals surface area contributed by atoms with E-state index in [1.54, 1.807) is 12.1 Å². The second-order valence-electron chi connectivity index (χ2n) is 8.49. The van der Waals surface area contributed by atoms with Crippen LogP contribution >= 0.6 is 0 Å². The van der Waals surface area contributed by atoms with E-state index in [4.69, 9.17) is 0 Å². The Kier molecular flexibility index (Phi) is 9.11. The molecule has 0 bridgehead atoms. The topological polar surface area (TPSA) is 109 Å². The van der Waals surface area contributed by atoms with Crippen molar-refractivity contribution in [3.63, 3.8) is 0 Å². The Morgan fingerprint density at radius 1 is 0.607 bits per heavy atom. The number of hydrogen-bond acceptors (Lipinski definition) is 4. The number of benzene rings is 2. The fourth-order valence-corrected chi connectivity index (χ4v) is 4.13. The number of hydrogen-bond donors (Lipinski definition) is 2. The Bertz CT molecular complexity index is 1000. The molecule has 0 heterocycles. The fourth-order valence-electron chi connectivity index (χ4n) is 2.69. The van der Waals surface area contributed by atoms with Gasteiger partial charge in [-0.15, -0.1) is 0 Å². The molecule has 2 rings (SSSR count). The van der Waals surface area contributed by atoms with E-state index in [2.05, 4.69) is 0 Å².